The number of carbonyl (C=O) groups excluding carboxylic acids is 2. The fourth-order valence-electron chi connectivity index (χ4n) is 2.42. The van der Waals surface area contributed by atoms with Crippen LogP contribution in [0.2, 0.25) is 0 Å². The molecule has 5 heteroatoms. The van der Waals surface area contributed by atoms with Crippen molar-refractivity contribution >= 4 is 11.9 Å². The van der Waals surface area contributed by atoms with Crippen LogP contribution in [0.15, 0.2) is 0 Å². The van der Waals surface area contributed by atoms with E-state index in [9.17, 15) is 9.59 Å². The van der Waals surface area contributed by atoms with Gasteiger partial charge >= 0.3 is 6.03 Å². The number of imide groups is 1. The van der Waals surface area contributed by atoms with E-state index in [1.807, 2.05) is 0 Å². The number of carbonyl (C=O) groups is 2. The second-order valence-corrected chi connectivity index (χ2v) is 4.21. The number of hydrogen-bond acceptors (Lipinski definition) is 3. The lowest BCUT2D eigenvalue weighted by Crippen LogP contribution is -2.39. The Morgan fingerprint density at radius 1 is 1.20 bits per heavy atom. The molecule has 15 heavy (non-hydrogen) atoms. The predicted octanol–water partition coefficient (Wildman–Crippen LogP) is 0.400. The summed E-state index contributed by atoms with van der Waals surface area (Å²) in [5, 5.41) is 4.93. The number of rotatable bonds is 2. The fraction of sp³-hybridized carbons (Fsp3) is 0.800. The summed E-state index contributed by atoms with van der Waals surface area (Å²) in [4.78, 5) is 22.4. The summed E-state index contributed by atoms with van der Waals surface area (Å²) in [7, 11) is 1.72. The minimum absolute atomic E-state index is 0.180. The van der Waals surface area contributed by atoms with Gasteiger partial charge in [0.25, 0.3) is 5.91 Å². The molecule has 2 fully saturated rings. The maximum atomic E-state index is 11.4. The highest BCUT2D eigenvalue weighted by Gasteiger charge is 2.37. The summed E-state index contributed by atoms with van der Waals surface area (Å²) >= 11 is 0. The van der Waals surface area contributed by atoms with Crippen LogP contribution in [-0.2, 0) is 9.53 Å². The second-order valence-electron chi connectivity index (χ2n) is 4.21. The van der Waals surface area contributed by atoms with Crippen molar-refractivity contribution in [3.63, 3.8) is 0 Å². The van der Waals surface area contributed by atoms with Crippen molar-refractivity contribution in [2.45, 2.75) is 37.8 Å². The van der Waals surface area contributed by atoms with Crippen molar-refractivity contribution < 1.29 is 14.3 Å². The van der Waals surface area contributed by atoms with Crippen molar-refractivity contribution in [3.8, 4) is 0 Å². The van der Waals surface area contributed by atoms with Crippen LogP contribution in [0.25, 0.3) is 0 Å². The SMILES string of the molecule is COC1CCC([C@@H]2NC(=O)NC2=O)CC1. The predicted molar refractivity (Wildman–Crippen MR) is 53.2 cm³/mol. The zero-order valence-electron chi connectivity index (χ0n) is 8.79. The first-order chi connectivity index (χ1) is 7.20. The molecule has 2 aliphatic rings. The van der Waals surface area contributed by atoms with E-state index in [0.717, 1.165) is 25.7 Å². The molecule has 0 aromatic carbocycles. The monoisotopic (exact) mass is 212 g/mol. The standard InChI is InChI=1S/C10H16N2O3/c1-15-7-4-2-6(3-5-7)8-9(13)12-10(14)11-8/h6-8H,2-5H2,1H3,(H2,11,12,13,14)/t6?,7?,8-/m0/s1. The summed E-state index contributed by atoms with van der Waals surface area (Å²) in [5.41, 5.74) is 0. The molecule has 2 rings (SSSR count). The topological polar surface area (TPSA) is 67.4 Å². The maximum Gasteiger partial charge on any atom is 0.322 e. The van der Waals surface area contributed by atoms with Crippen molar-refractivity contribution in [2.75, 3.05) is 7.11 Å². The Morgan fingerprint density at radius 2 is 1.87 bits per heavy atom. The third-order valence-electron chi connectivity index (χ3n) is 3.33. The summed E-state index contributed by atoms with van der Waals surface area (Å²) in [6.45, 7) is 0. The van der Waals surface area contributed by atoms with E-state index in [1.165, 1.54) is 0 Å². The summed E-state index contributed by atoms with van der Waals surface area (Å²) in [6.07, 6.45) is 4.15. The van der Waals surface area contributed by atoms with Crippen LogP contribution in [0.3, 0.4) is 0 Å². The van der Waals surface area contributed by atoms with Gasteiger partial charge in [-0.3, -0.25) is 10.1 Å². The lowest BCUT2D eigenvalue weighted by Gasteiger charge is -2.29. The van der Waals surface area contributed by atoms with Crippen LogP contribution in [0, 0.1) is 5.92 Å². The van der Waals surface area contributed by atoms with Crippen LogP contribution in [-0.4, -0.2) is 31.2 Å². The Labute approximate surface area is 88.5 Å². The van der Waals surface area contributed by atoms with Crippen LogP contribution < -0.4 is 10.6 Å². The summed E-state index contributed by atoms with van der Waals surface area (Å²) < 4.78 is 5.26. The molecule has 0 aromatic heterocycles. The molecule has 84 valence electrons. The van der Waals surface area contributed by atoms with Crippen LogP contribution in [0.5, 0.6) is 0 Å². The Bertz CT molecular complexity index is 272. The highest BCUT2D eigenvalue weighted by molar-refractivity contribution is 6.04. The average Bonchev–Trinajstić information content (AvgIpc) is 2.58. The number of urea groups is 1. The fourth-order valence-corrected chi connectivity index (χ4v) is 2.42. The third kappa shape index (κ3) is 2.12. The number of methoxy groups -OCH3 is 1. The normalized spacial score (nSPS) is 36.2. The van der Waals surface area contributed by atoms with Gasteiger partial charge in [0.05, 0.1) is 6.10 Å². The maximum absolute atomic E-state index is 11.4. The Hall–Kier alpha value is -1.10. The van der Waals surface area contributed by atoms with Gasteiger partial charge in [-0.1, -0.05) is 0 Å². The van der Waals surface area contributed by atoms with E-state index in [0.29, 0.717) is 6.10 Å². The molecule has 1 heterocycles. The van der Waals surface area contributed by atoms with Crippen molar-refractivity contribution in [1.29, 1.82) is 0 Å². The number of amides is 3. The van der Waals surface area contributed by atoms with Crippen molar-refractivity contribution in [1.82, 2.24) is 10.6 Å². The first kappa shape index (κ1) is 10.4. The van der Waals surface area contributed by atoms with Gasteiger partial charge in [-0.2, -0.15) is 0 Å². The first-order valence-corrected chi connectivity index (χ1v) is 5.35. The molecule has 1 aliphatic carbocycles. The van der Waals surface area contributed by atoms with Gasteiger partial charge in [-0.25, -0.2) is 4.79 Å². The van der Waals surface area contributed by atoms with Crippen LogP contribution in [0.1, 0.15) is 25.7 Å². The summed E-state index contributed by atoms with van der Waals surface area (Å²) in [5.74, 6) is 0.0868. The van der Waals surface area contributed by atoms with Gasteiger partial charge in [0.15, 0.2) is 0 Å². The summed E-state index contributed by atoms with van der Waals surface area (Å²) in [6, 6.07) is -0.686. The average molecular weight is 212 g/mol. The molecular weight excluding hydrogens is 196 g/mol. The number of hydrogen-bond donors (Lipinski definition) is 2. The second kappa shape index (κ2) is 4.18. The van der Waals surface area contributed by atoms with E-state index in [1.54, 1.807) is 7.11 Å². The highest BCUT2D eigenvalue weighted by Crippen LogP contribution is 2.29. The molecule has 1 aliphatic heterocycles. The molecule has 2 N–H and O–H groups in total. The Kier molecular flexibility index (Phi) is 2.90. The zero-order chi connectivity index (χ0) is 10.8. The lowest BCUT2D eigenvalue weighted by molar-refractivity contribution is -0.121. The number of nitrogens with one attached hydrogen (secondary N) is 2. The first-order valence-electron chi connectivity index (χ1n) is 5.35. The smallest absolute Gasteiger partial charge is 0.322 e. The largest absolute Gasteiger partial charge is 0.381 e. The van der Waals surface area contributed by atoms with Crippen molar-refractivity contribution in [3.05, 3.63) is 0 Å². The van der Waals surface area contributed by atoms with Gasteiger partial charge in [-0.15, -0.1) is 0 Å². The van der Waals surface area contributed by atoms with Gasteiger partial charge in [0, 0.05) is 7.11 Å². The van der Waals surface area contributed by atoms with Crippen LogP contribution in [0.4, 0.5) is 4.79 Å². The molecule has 1 saturated heterocycles. The van der Waals surface area contributed by atoms with E-state index >= 15 is 0 Å². The van der Waals surface area contributed by atoms with E-state index < -0.39 is 0 Å². The molecule has 3 amide bonds. The van der Waals surface area contributed by atoms with E-state index in [-0.39, 0.29) is 23.9 Å². The zero-order valence-corrected chi connectivity index (χ0v) is 8.79. The third-order valence-corrected chi connectivity index (χ3v) is 3.33. The Balaban J connectivity index is 1.90. The van der Waals surface area contributed by atoms with Gasteiger partial charge < -0.3 is 10.1 Å². The highest BCUT2D eigenvalue weighted by atomic mass is 16.5. The van der Waals surface area contributed by atoms with Crippen LogP contribution >= 0.6 is 0 Å². The minimum atomic E-state index is -0.362. The molecule has 0 bridgehead atoms. The van der Waals surface area contributed by atoms with Gasteiger partial charge in [0.1, 0.15) is 6.04 Å². The lowest BCUT2D eigenvalue weighted by atomic mass is 9.82. The molecule has 1 atom stereocenters. The quantitative estimate of drug-likeness (QED) is 0.651. The molecule has 0 aromatic rings. The van der Waals surface area contributed by atoms with E-state index in [4.69, 9.17) is 4.74 Å². The molecular formula is C10H16N2O3. The molecule has 0 unspecified atom stereocenters. The molecule has 1 saturated carbocycles. The number of ether oxygens (including phenoxy) is 1. The Morgan fingerprint density at radius 3 is 2.33 bits per heavy atom. The minimum Gasteiger partial charge on any atom is -0.381 e. The van der Waals surface area contributed by atoms with Gasteiger partial charge in [-0.05, 0) is 31.6 Å². The molecule has 5 nitrogen and oxygen atoms in total. The van der Waals surface area contributed by atoms with Crippen molar-refractivity contribution in [2.24, 2.45) is 5.92 Å². The van der Waals surface area contributed by atoms with Gasteiger partial charge in [0.2, 0.25) is 0 Å². The molecule has 0 spiro atoms. The van der Waals surface area contributed by atoms with E-state index in [2.05, 4.69) is 10.6 Å². The molecule has 0 radical (unpaired) electrons.